The van der Waals surface area contributed by atoms with Crippen LogP contribution in [0.3, 0.4) is 0 Å². The maximum atomic E-state index is 9.52. The van der Waals surface area contributed by atoms with Crippen molar-refractivity contribution >= 4 is 0 Å². The maximum Gasteiger partial charge on any atom is 0.137 e. The molecule has 0 aromatic carbocycles. The third-order valence-corrected chi connectivity index (χ3v) is 2.03. The number of hydrogen-bond acceptors (Lipinski definition) is 2. The predicted octanol–water partition coefficient (Wildman–Crippen LogP) is 0.123. The Bertz CT molecular complexity index is 151. The molecule has 0 spiro atoms. The minimum Gasteiger partial charge on any atom is -0.376 e. The highest BCUT2D eigenvalue weighted by Crippen LogP contribution is 2.17. The minimum atomic E-state index is -0.962. The van der Waals surface area contributed by atoms with Crippen LogP contribution in [-0.2, 0) is 0 Å². The molecule has 0 unspecified atom stereocenters. The lowest BCUT2D eigenvalue weighted by molar-refractivity contribution is 0.0844. The summed E-state index contributed by atoms with van der Waals surface area (Å²) in [5, 5.41) is 12.7. The van der Waals surface area contributed by atoms with Gasteiger partial charge in [-0.2, -0.15) is 0 Å². The highest BCUT2D eigenvalue weighted by Gasteiger charge is 2.31. The van der Waals surface area contributed by atoms with Gasteiger partial charge in [0.1, 0.15) is 5.60 Å². The molecule has 56 valence electrons. The van der Waals surface area contributed by atoms with Gasteiger partial charge in [0, 0.05) is 6.04 Å². The Hall–Kier alpha value is -0.520. The number of hydrogen-bond donors (Lipinski definition) is 2. The first-order valence-electron chi connectivity index (χ1n) is 3.60. The van der Waals surface area contributed by atoms with E-state index in [2.05, 4.69) is 11.2 Å². The summed E-state index contributed by atoms with van der Waals surface area (Å²) in [5.41, 5.74) is -0.962. The first-order chi connectivity index (χ1) is 4.67. The lowest BCUT2D eigenvalue weighted by Crippen LogP contribution is -2.43. The summed E-state index contributed by atoms with van der Waals surface area (Å²) in [4.78, 5) is 0. The van der Waals surface area contributed by atoms with E-state index in [9.17, 15) is 5.11 Å². The van der Waals surface area contributed by atoms with Crippen molar-refractivity contribution in [3.05, 3.63) is 0 Å². The van der Waals surface area contributed by atoms with E-state index < -0.39 is 5.60 Å². The van der Waals surface area contributed by atoms with Crippen LogP contribution in [0, 0.1) is 12.3 Å². The number of aliphatic hydroxyl groups is 1. The van der Waals surface area contributed by atoms with E-state index in [1.165, 1.54) is 0 Å². The Balaban J connectivity index is 2.56. The van der Waals surface area contributed by atoms with Crippen molar-refractivity contribution in [2.45, 2.75) is 31.4 Å². The third kappa shape index (κ3) is 1.31. The zero-order chi connectivity index (χ0) is 7.61. The summed E-state index contributed by atoms with van der Waals surface area (Å²) in [6.45, 7) is 2.65. The zero-order valence-electron chi connectivity index (χ0n) is 6.22. The molecule has 2 atom stereocenters. The molecule has 1 saturated heterocycles. The van der Waals surface area contributed by atoms with Crippen molar-refractivity contribution in [1.82, 2.24) is 5.32 Å². The second-order valence-corrected chi connectivity index (χ2v) is 2.94. The molecule has 2 N–H and O–H groups in total. The second-order valence-electron chi connectivity index (χ2n) is 2.94. The molecule has 1 rings (SSSR count). The van der Waals surface area contributed by atoms with Crippen LogP contribution in [0.4, 0.5) is 0 Å². The smallest absolute Gasteiger partial charge is 0.137 e. The average molecular weight is 139 g/mol. The van der Waals surface area contributed by atoms with Gasteiger partial charge in [0.25, 0.3) is 0 Å². The van der Waals surface area contributed by atoms with E-state index in [0.717, 1.165) is 19.4 Å². The molecular weight excluding hydrogens is 126 g/mol. The Kier molecular flexibility index (Phi) is 1.98. The van der Waals surface area contributed by atoms with Crippen LogP contribution in [0.25, 0.3) is 0 Å². The highest BCUT2D eigenvalue weighted by atomic mass is 16.3. The van der Waals surface area contributed by atoms with Gasteiger partial charge in [-0.3, -0.25) is 0 Å². The van der Waals surface area contributed by atoms with Crippen LogP contribution in [0.1, 0.15) is 19.8 Å². The summed E-state index contributed by atoms with van der Waals surface area (Å²) >= 11 is 0. The summed E-state index contributed by atoms with van der Waals surface area (Å²) in [6.07, 6.45) is 7.24. The molecule has 2 heteroatoms. The number of rotatable bonds is 1. The lowest BCUT2D eigenvalue weighted by atomic mass is 9.96. The zero-order valence-corrected chi connectivity index (χ0v) is 6.22. The molecule has 10 heavy (non-hydrogen) atoms. The minimum absolute atomic E-state index is 0.0949. The molecule has 1 aliphatic heterocycles. The van der Waals surface area contributed by atoms with Gasteiger partial charge in [0.05, 0.1) is 0 Å². The maximum absolute atomic E-state index is 9.52. The van der Waals surface area contributed by atoms with Gasteiger partial charge in [-0.1, -0.05) is 5.92 Å². The fraction of sp³-hybridized carbons (Fsp3) is 0.750. The van der Waals surface area contributed by atoms with Crippen molar-refractivity contribution in [3.63, 3.8) is 0 Å². The SMILES string of the molecule is C#C[C@@](C)(O)[C@@H]1CCCN1. The van der Waals surface area contributed by atoms with Crippen LogP contribution in [0.15, 0.2) is 0 Å². The van der Waals surface area contributed by atoms with Gasteiger partial charge in [-0.25, -0.2) is 0 Å². The molecule has 0 amide bonds. The van der Waals surface area contributed by atoms with E-state index in [0.29, 0.717) is 0 Å². The van der Waals surface area contributed by atoms with Crippen LogP contribution < -0.4 is 5.32 Å². The average Bonchev–Trinajstić information content (AvgIpc) is 2.38. The summed E-state index contributed by atoms with van der Waals surface area (Å²) in [7, 11) is 0. The van der Waals surface area contributed by atoms with Crippen LogP contribution >= 0.6 is 0 Å². The number of nitrogens with one attached hydrogen (secondary N) is 1. The van der Waals surface area contributed by atoms with Gasteiger partial charge in [-0.15, -0.1) is 6.42 Å². The lowest BCUT2D eigenvalue weighted by Gasteiger charge is -2.23. The molecule has 1 fully saturated rings. The van der Waals surface area contributed by atoms with Crippen LogP contribution in [0.5, 0.6) is 0 Å². The molecule has 1 heterocycles. The van der Waals surface area contributed by atoms with Crippen LogP contribution in [0.2, 0.25) is 0 Å². The summed E-state index contributed by atoms with van der Waals surface area (Å²) < 4.78 is 0. The Morgan fingerprint density at radius 3 is 2.90 bits per heavy atom. The van der Waals surface area contributed by atoms with Gasteiger partial charge in [-0.05, 0) is 26.3 Å². The molecule has 0 aromatic rings. The molecule has 0 aliphatic carbocycles. The van der Waals surface area contributed by atoms with Gasteiger partial charge in [0.15, 0.2) is 0 Å². The van der Waals surface area contributed by atoms with Gasteiger partial charge in [0.2, 0.25) is 0 Å². The van der Waals surface area contributed by atoms with Crippen molar-refractivity contribution < 1.29 is 5.11 Å². The Morgan fingerprint density at radius 1 is 1.80 bits per heavy atom. The third-order valence-electron chi connectivity index (χ3n) is 2.03. The summed E-state index contributed by atoms with van der Waals surface area (Å²) in [5.74, 6) is 2.38. The molecule has 0 radical (unpaired) electrons. The second kappa shape index (κ2) is 2.61. The van der Waals surface area contributed by atoms with Crippen molar-refractivity contribution in [3.8, 4) is 12.3 Å². The molecule has 2 nitrogen and oxygen atoms in total. The molecular formula is C8H13NO. The van der Waals surface area contributed by atoms with Crippen LogP contribution in [-0.4, -0.2) is 23.3 Å². The monoisotopic (exact) mass is 139 g/mol. The fourth-order valence-corrected chi connectivity index (χ4v) is 1.26. The molecule has 0 saturated carbocycles. The fourth-order valence-electron chi connectivity index (χ4n) is 1.26. The predicted molar refractivity (Wildman–Crippen MR) is 40.5 cm³/mol. The first kappa shape index (κ1) is 7.59. The Labute approximate surface area is 61.6 Å². The quantitative estimate of drug-likeness (QED) is 0.506. The molecule has 0 bridgehead atoms. The van der Waals surface area contributed by atoms with E-state index >= 15 is 0 Å². The van der Waals surface area contributed by atoms with E-state index in [4.69, 9.17) is 6.42 Å². The van der Waals surface area contributed by atoms with E-state index in [1.54, 1.807) is 6.92 Å². The van der Waals surface area contributed by atoms with Crippen molar-refractivity contribution in [2.75, 3.05) is 6.54 Å². The first-order valence-corrected chi connectivity index (χ1v) is 3.60. The van der Waals surface area contributed by atoms with Gasteiger partial charge < -0.3 is 10.4 Å². The topological polar surface area (TPSA) is 32.3 Å². The number of terminal acetylenes is 1. The van der Waals surface area contributed by atoms with Crippen molar-refractivity contribution in [1.29, 1.82) is 0 Å². The molecule has 1 aliphatic rings. The Morgan fingerprint density at radius 2 is 2.50 bits per heavy atom. The highest BCUT2D eigenvalue weighted by molar-refractivity contribution is 5.11. The van der Waals surface area contributed by atoms with E-state index in [1.807, 2.05) is 0 Å². The standard InChI is InChI=1S/C8H13NO/c1-3-8(2,10)7-5-4-6-9-7/h1,7,9-10H,4-6H2,2H3/t7-,8+/m0/s1. The molecule has 0 aromatic heterocycles. The van der Waals surface area contributed by atoms with Gasteiger partial charge >= 0.3 is 0 Å². The van der Waals surface area contributed by atoms with Crippen molar-refractivity contribution in [2.24, 2.45) is 0 Å². The normalized spacial score (nSPS) is 31.1. The largest absolute Gasteiger partial charge is 0.376 e. The summed E-state index contributed by atoms with van der Waals surface area (Å²) in [6, 6.07) is 0.0949. The van der Waals surface area contributed by atoms with E-state index in [-0.39, 0.29) is 6.04 Å².